The van der Waals surface area contributed by atoms with Crippen LogP contribution in [0.4, 0.5) is 11.7 Å². The van der Waals surface area contributed by atoms with E-state index in [0.717, 1.165) is 6.07 Å². The fourth-order valence-corrected chi connectivity index (χ4v) is 1.43. The molecule has 21 heavy (non-hydrogen) atoms. The fourth-order valence-electron chi connectivity index (χ4n) is 1.43. The fraction of sp³-hybridized carbons (Fsp3) is 0.0769. The number of hydrogen-bond donors (Lipinski definition) is 2. The molecule has 0 aliphatic rings. The lowest BCUT2D eigenvalue weighted by Crippen LogP contribution is -2.12. The second-order valence-corrected chi connectivity index (χ2v) is 3.72. The van der Waals surface area contributed by atoms with Crippen LogP contribution in [0.3, 0.4) is 0 Å². The SMILES string of the molecule is O=C(Nc1cccc(C#CCO)n1)c1ccc([N+](=O)[O-])o1. The van der Waals surface area contributed by atoms with Crippen molar-refractivity contribution in [3.05, 3.63) is 51.9 Å². The summed E-state index contributed by atoms with van der Waals surface area (Å²) in [6.07, 6.45) is 0. The molecule has 2 aromatic heterocycles. The van der Waals surface area contributed by atoms with Crippen LogP contribution in [0.15, 0.2) is 34.7 Å². The Balaban J connectivity index is 2.13. The zero-order valence-corrected chi connectivity index (χ0v) is 10.6. The maximum absolute atomic E-state index is 11.8. The van der Waals surface area contributed by atoms with Crippen LogP contribution in [0.2, 0.25) is 0 Å². The van der Waals surface area contributed by atoms with E-state index in [4.69, 9.17) is 9.52 Å². The molecule has 0 atom stereocenters. The molecule has 0 saturated heterocycles. The van der Waals surface area contributed by atoms with Gasteiger partial charge in [-0.1, -0.05) is 12.0 Å². The van der Waals surface area contributed by atoms with E-state index in [-0.39, 0.29) is 18.2 Å². The van der Waals surface area contributed by atoms with E-state index in [9.17, 15) is 14.9 Å². The van der Waals surface area contributed by atoms with Gasteiger partial charge in [-0.25, -0.2) is 4.98 Å². The summed E-state index contributed by atoms with van der Waals surface area (Å²) in [6, 6.07) is 7.04. The van der Waals surface area contributed by atoms with Gasteiger partial charge in [0.15, 0.2) is 5.76 Å². The molecule has 8 heteroatoms. The first kappa shape index (κ1) is 14.2. The minimum atomic E-state index is -0.736. The molecule has 1 amide bonds. The largest absolute Gasteiger partial charge is 0.433 e. The van der Waals surface area contributed by atoms with Gasteiger partial charge in [-0.05, 0) is 24.1 Å². The number of furan rings is 1. The lowest BCUT2D eigenvalue weighted by Gasteiger charge is -2.01. The van der Waals surface area contributed by atoms with E-state index in [1.807, 2.05) is 0 Å². The van der Waals surface area contributed by atoms with Crippen LogP contribution in [-0.2, 0) is 0 Å². The molecule has 0 aromatic carbocycles. The average Bonchev–Trinajstić information content (AvgIpc) is 2.95. The molecule has 0 saturated carbocycles. The maximum Gasteiger partial charge on any atom is 0.433 e. The van der Waals surface area contributed by atoms with Crippen molar-refractivity contribution in [2.24, 2.45) is 0 Å². The van der Waals surface area contributed by atoms with E-state index in [1.54, 1.807) is 12.1 Å². The molecule has 0 aliphatic heterocycles. The number of nitrogens with one attached hydrogen (secondary N) is 1. The van der Waals surface area contributed by atoms with Crippen molar-refractivity contribution in [1.82, 2.24) is 4.98 Å². The molecule has 0 aliphatic carbocycles. The molecule has 0 bridgehead atoms. The van der Waals surface area contributed by atoms with Gasteiger partial charge in [0.2, 0.25) is 0 Å². The minimum Gasteiger partial charge on any atom is -0.395 e. The summed E-state index contributed by atoms with van der Waals surface area (Å²) < 4.78 is 4.77. The molecule has 106 valence electrons. The number of nitro groups is 1. The molecule has 2 rings (SSSR count). The average molecular weight is 287 g/mol. The number of anilines is 1. The summed E-state index contributed by atoms with van der Waals surface area (Å²) in [7, 11) is 0. The number of carbonyl (C=O) groups is 1. The number of carbonyl (C=O) groups excluding carboxylic acids is 1. The molecule has 0 spiro atoms. The van der Waals surface area contributed by atoms with Crippen LogP contribution in [0.1, 0.15) is 16.2 Å². The van der Waals surface area contributed by atoms with E-state index < -0.39 is 16.7 Å². The van der Waals surface area contributed by atoms with Gasteiger partial charge in [0.05, 0.1) is 6.07 Å². The highest BCUT2D eigenvalue weighted by Gasteiger charge is 2.17. The van der Waals surface area contributed by atoms with Gasteiger partial charge in [-0.3, -0.25) is 14.9 Å². The summed E-state index contributed by atoms with van der Waals surface area (Å²) in [5.74, 6) is 3.85. The van der Waals surface area contributed by atoms with Crippen molar-refractivity contribution < 1.29 is 19.2 Å². The summed E-state index contributed by atoms with van der Waals surface area (Å²) in [5, 5.41) is 21.5. The second kappa shape index (κ2) is 6.31. The van der Waals surface area contributed by atoms with E-state index >= 15 is 0 Å². The minimum absolute atomic E-state index is 0.199. The highest BCUT2D eigenvalue weighted by atomic mass is 16.6. The first-order chi connectivity index (χ1) is 10.1. The van der Waals surface area contributed by atoms with Crippen molar-refractivity contribution in [3.8, 4) is 11.8 Å². The summed E-state index contributed by atoms with van der Waals surface area (Å²) >= 11 is 0. The highest BCUT2D eigenvalue weighted by molar-refractivity contribution is 6.01. The third kappa shape index (κ3) is 3.65. The number of pyridine rings is 1. The van der Waals surface area contributed by atoms with Crippen molar-refractivity contribution in [2.45, 2.75) is 0 Å². The van der Waals surface area contributed by atoms with Gasteiger partial charge in [0, 0.05) is 0 Å². The van der Waals surface area contributed by atoms with Crippen molar-refractivity contribution >= 4 is 17.6 Å². The predicted octanol–water partition coefficient (Wildman–Crippen LogP) is 1.18. The topological polar surface area (TPSA) is 119 Å². The van der Waals surface area contributed by atoms with E-state index in [2.05, 4.69) is 22.1 Å². The van der Waals surface area contributed by atoms with Gasteiger partial charge in [-0.15, -0.1) is 0 Å². The number of aromatic nitrogens is 1. The van der Waals surface area contributed by atoms with Gasteiger partial charge >= 0.3 is 5.88 Å². The van der Waals surface area contributed by atoms with Crippen LogP contribution in [0.25, 0.3) is 0 Å². The van der Waals surface area contributed by atoms with Gasteiger partial charge in [-0.2, -0.15) is 0 Å². The Labute approximate surface area is 118 Å². The Kier molecular flexibility index (Phi) is 4.28. The highest BCUT2D eigenvalue weighted by Crippen LogP contribution is 2.16. The predicted molar refractivity (Wildman–Crippen MR) is 71.5 cm³/mol. The Bertz CT molecular complexity index is 742. The Morgan fingerprint density at radius 1 is 1.43 bits per heavy atom. The number of nitrogens with zero attached hydrogens (tertiary/aromatic N) is 2. The van der Waals surface area contributed by atoms with Crippen molar-refractivity contribution in [3.63, 3.8) is 0 Å². The van der Waals surface area contributed by atoms with E-state index in [1.165, 1.54) is 12.1 Å². The van der Waals surface area contributed by atoms with E-state index in [0.29, 0.717) is 5.69 Å². The maximum atomic E-state index is 11.8. The monoisotopic (exact) mass is 287 g/mol. The van der Waals surface area contributed by atoms with Crippen molar-refractivity contribution in [2.75, 3.05) is 11.9 Å². The van der Waals surface area contributed by atoms with Gasteiger partial charge in [0.1, 0.15) is 23.0 Å². The number of rotatable bonds is 3. The second-order valence-electron chi connectivity index (χ2n) is 3.72. The molecule has 0 unspecified atom stereocenters. The molecule has 0 radical (unpaired) electrons. The molecule has 2 aromatic rings. The summed E-state index contributed by atoms with van der Waals surface area (Å²) in [6.45, 7) is -0.297. The number of aliphatic hydroxyl groups is 1. The number of aliphatic hydroxyl groups excluding tert-OH is 1. The van der Waals surface area contributed by atoms with Crippen LogP contribution in [-0.4, -0.2) is 27.5 Å². The first-order valence-electron chi connectivity index (χ1n) is 5.72. The lowest BCUT2D eigenvalue weighted by molar-refractivity contribution is -0.402. The third-order valence-electron chi connectivity index (χ3n) is 2.28. The van der Waals surface area contributed by atoms with Crippen LogP contribution in [0, 0.1) is 22.0 Å². The molecule has 0 fully saturated rings. The molecular weight excluding hydrogens is 278 g/mol. The van der Waals surface area contributed by atoms with Crippen LogP contribution >= 0.6 is 0 Å². The Morgan fingerprint density at radius 3 is 2.90 bits per heavy atom. The Hall–Kier alpha value is -3.18. The zero-order chi connectivity index (χ0) is 15.2. The van der Waals surface area contributed by atoms with Gasteiger partial charge in [0.25, 0.3) is 5.91 Å². The third-order valence-corrected chi connectivity index (χ3v) is 2.28. The van der Waals surface area contributed by atoms with Gasteiger partial charge < -0.3 is 14.8 Å². The molecular formula is C13H9N3O5. The van der Waals surface area contributed by atoms with Crippen LogP contribution < -0.4 is 5.32 Å². The number of amides is 1. The summed E-state index contributed by atoms with van der Waals surface area (Å²) in [4.78, 5) is 25.6. The smallest absolute Gasteiger partial charge is 0.395 e. The standard InChI is InChI=1S/C13H9N3O5/c17-8-2-4-9-3-1-5-11(14-9)15-13(18)10-6-7-12(21-10)16(19)20/h1,3,5-7,17H,8H2,(H,14,15,18). The van der Waals surface area contributed by atoms with Crippen molar-refractivity contribution in [1.29, 1.82) is 0 Å². The molecule has 8 nitrogen and oxygen atoms in total. The molecule has 2 heterocycles. The number of hydrogen-bond acceptors (Lipinski definition) is 6. The molecule has 2 N–H and O–H groups in total. The first-order valence-corrected chi connectivity index (χ1v) is 5.72. The summed E-state index contributed by atoms with van der Waals surface area (Å²) in [5.41, 5.74) is 0.368. The zero-order valence-electron chi connectivity index (χ0n) is 10.6. The Morgan fingerprint density at radius 2 is 2.24 bits per heavy atom. The quantitative estimate of drug-likeness (QED) is 0.497. The normalized spacial score (nSPS) is 9.57. The lowest BCUT2D eigenvalue weighted by atomic mass is 10.3. The van der Waals surface area contributed by atoms with Crippen LogP contribution in [0.5, 0.6) is 0 Å².